The lowest BCUT2D eigenvalue weighted by Gasteiger charge is -2.21. The Morgan fingerprint density at radius 1 is 1.56 bits per heavy atom. The lowest BCUT2D eigenvalue weighted by atomic mass is 10.1. The molecule has 0 radical (unpaired) electrons. The first-order valence-corrected chi connectivity index (χ1v) is 9.43. The highest BCUT2D eigenvalue weighted by Gasteiger charge is 2.61. The minimum Gasteiger partial charge on any atom is -0.229 e. The summed E-state index contributed by atoms with van der Waals surface area (Å²) in [6.45, 7) is 6.22. The van der Waals surface area contributed by atoms with Crippen molar-refractivity contribution in [2.45, 2.75) is 41.0 Å². The van der Waals surface area contributed by atoms with Gasteiger partial charge in [-0.3, -0.25) is 0 Å². The van der Waals surface area contributed by atoms with Crippen LogP contribution in [0.4, 0.5) is 0 Å². The number of fused-ring (bicyclic) bond motifs is 1. The summed E-state index contributed by atoms with van der Waals surface area (Å²) in [5.41, 5.74) is 0. The Bertz CT molecular complexity index is 434. The van der Waals surface area contributed by atoms with Gasteiger partial charge < -0.3 is 0 Å². The molecule has 2 rings (SSSR count). The fourth-order valence-corrected chi connectivity index (χ4v) is 9.84. The zero-order chi connectivity index (χ0) is 12.1. The van der Waals surface area contributed by atoms with E-state index in [0.29, 0.717) is 6.04 Å². The second kappa shape index (κ2) is 4.17. The van der Waals surface area contributed by atoms with Crippen molar-refractivity contribution in [3.63, 3.8) is 0 Å². The Labute approximate surface area is 113 Å². The molecule has 2 saturated heterocycles. The Kier molecular flexibility index (Phi) is 3.45. The van der Waals surface area contributed by atoms with Crippen molar-refractivity contribution >= 4 is 53.7 Å². The summed E-state index contributed by atoms with van der Waals surface area (Å²) in [7, 11) is -2.96. The van der Waals surface area contributed by atoms with Crippen molar-refractivity contribution in [1.82, 2.24) is 0 Å². The van der Waals surface area contributed by atoms with Crippen molar-refractivity contribution in [1.29, 1.82) is 0 Å². The zero-order valence-electron chi connectivity index (χ0n) is 9.36. The summed E-state index contributed by atoms with van der Waals surface area (Å²) < 4.78 is 24.1. The van der Waals surface area contributed by atoms with Crippen LogP contribution in [-0.2, 0) is 9.84 Å². The Balaban J connectivity index is 2.28. The molecule has 2 heterocycles. The monoisotopic (exact) mass is 344 g/mol. The second-order valence-corrected chi connectivity index (χ2v) is 11.2. The van der Waals surface area contributed by atoms with Crippen LogP contribution in [0.15, 0.2) is 0 Å². The number of halogens is 1. The van der Waals surface area contributed by atoms with Gasteiger partial charge in [-0.15, -0.1) is 0 Å². The number of alkyl halides is 1. The number of hydrogen-bond acceptors (Lipinski definition) is 4. The van der Waals surface area contributed by atoms with Gasteiger partial charge in [0.15, 0.2) is 9.84 Å². The van der Waals surface area contributed by atoms with Crippen LogP contribution in [0.1, 0.15) is 20.8 Å². The van der Waals surface area contributed by atoms with Crippen molar-refractivity contribution in [3.8, 4) is 0 Å². The maximum absolute atomic E-state index is 11.8. The molecule has 7 heteroatoms. The SMILES string of the molecule is CC(C)[NH+]=C1SC2CS(=O)(=O)C(Br)C2(C)S1. The van der Waals surface area contributed by atoms with Gasteiger partial charge in [-0.1, -0.05) is 15.9 Å². The van der Waals surface area contributed by atoms with Crippen molar-refractivity contribution in [3.05, 3.63) is 0 Å². The van der Waals surface area contributed by atoms with Gasteiger partial charge in [0.1, 0.15) is 10.2 Å². The average Bonchev–Trinajstić information content (AvgIpc) is 2.47. The minimum absolute atomic E-state index is 0.160. The summed E-state index contributed by atoms with van der Waals surface area (Å²) in [4.78, 5) is 3.37. The third-order valence-corrected chi connectivity index (χ3v) is 11.2. The van der Waals surface area contributed by atoms with Gasteiger partial charge in [-0.25, -0.2) is 13.4 Å². The predicted molar refractivity (Wildman–Crippen MR) is 75.0 cm³/mol. The van der Waals surface area contributed by atoms with Crippen LogP contribution in [0.25, 0.3) is 0 Å². The smallest absolute Gasteiger partial charge is 0.229 e. The molecule has 0 spiro atoms. The molecule has 0 saturated carbocycles. The quantitative estimate of drug-likeness (QED) is 0.707. The fourth-order valence-electron chi connectivity index (χ4n) is 1.88. The molecule has 1 N–H and O–H groups in total. The summed E-state index contributed by atoms with van der Waals surface area (Å²) in [5.74, 6) is 0.278. The highest BCUT2D eigenvalue weighted by Crippen LogP contribution is 2.56. The molecule has 3 atom stereocenters. The Morgan fingerprint density at radius 2 is 2.19 bits per heavy atom. The van der Waals surface area contributed by atoms with Gasteiger partial charge in [0, 0.05) is 5.25 Å². The fraction of sp³-hybridized carbons (Fsp3) is 0.889. The first kappa shape index (κ1) is 13.2. The molecule has 0 aromatic rings. The lowest BCUT2D eigenvalue weighted by Crippen LogP contribution is -2.76. The molecule has 2 aliphatic heterocycles. The molecule has 2 fully saturated rings. The summed E-state index contributed by atoms with van der Waals surface area (Å²) in [5, 5.41) is 0.160. The molecular formula is C9H15BrNO2S3+. The van der Waals surface area contributed by atoms with E-state index in [2.05, 4.69) is 34.8 Å². The van der Waals surface area contributed by atoms with Crippen LogP contribution in [0.5, 0.6) is 0 Å². The molecule has 92 valence electrons. The molecule has 0 aromatic carbocycles. The van der Waals surface area contributed by atoms with Crippen LogP contribution in [0.2, 0.25) is 0 Å². The molecule has 16 heavy (non-hydrogen) atoms. The Hall–Kier alpha value is 0.800. The third-order valence-electron chi connectivity index (χ3n) is 2.76. The third kappa shape index (κ3) is 2.08. The van der Waals surface area contributed by atoms with Gasteiger partial charge in [0.05, 0.1) is 10.5 Å². The highest BCUT2D eigenvalue weighted by atomic mass is 79.9. The summed E-state index contributed by atoms with van der Waals surface area (Å²) in [6.07, 6.45) is 0. The van der Waals surface area contributed by atoms with Crippen LogP contribution in [0.3, 0.4) is 0 Å². The van der Waals surface area contributed by atoms with Gasteiger partial charge in [-0.2, -0.15) is 0 Å². The summed E-state index contributed by atoms with van der Waals surface area (Å²) >= 11 is 6.69. The van der Waals surface area contributed by atoms with E-state index in [9.17, 15) is 8.42 Å². The largest absolute Gasteiger partial charge is 0.269 e. The standard InChI is InChI=1S/C9H14BrNO2S3/c1-5(2)11-8-14-6-4-16(12,13)7(10)9(6,3)15-8/h5-7H,4H2,1-3H3/p+1. The molecule has 0 amide bonds. The van der Waals surface area contributed by atoms with E-state index in [0.717, 1.165) is 4.38 Å². The topological polar surface area (TPSA) is 48.1 Å². The number of rotatable bonds is 1. The maximum Gasteiger partial charge on any atom is 0.269 e. The molecule has 0 bridgehead atoms. The molecule has 3 nitrogen and oxygen atoms in total. The normalized spacial score (nSPS) is 44.2. The van der Waals surface area contributed by atoms with E-state index < -0.39 is 14.0 Å². The second-order valence-electron chi connectivity index (χ2n) is 4.62. The van der Waals surface area contributed by atoms with Crippen molar-refractivity contribution in [2.24, 2.45) is 0 Å². The van der Waals surface area contributed by atoms with E-state index >= 15 is 0 Å². The summed E-state index contributed by atoms with van der Waals surface area (Å²) in [6, 6.07) is 0.391. The lowest BCUT2D eigenvalue weighted by molar-refractivity contribution is -0.487. The first-order valence-electron chi connectivity index (χ1n) is 5.10. The minimum atomic E-state index is -2.96. The molecule has 0 aliphatic carbocycles. The van der Waals surface area contributed by atoms with Gasteiger partial charge in [0.25, 0.3) is 4.38 Å². The molecule has 0 aromatic heterocycles. The first-order chi connectivity index (χ1) is 7.25. The van der Waals surface area contributed by atoms with E-state index in [1.807, 2.05) is 6.92 Å². The number of sulfone groups is 1. The van der Waals surface area contributed by atoms with Gasteiger partial charge in [0.2, 0.25) is 0 Å². The van der Waals surface area contributed by atoms with Gasteiger partial charge in [-0.05, 0) is 44.3 Å². The molecule has 2 aliphatic rings. The zero-order valence-corrected chi connectivity index (χ0v) is 13.4. The number of nitrogens with one attached hydrogen (secondary N) is 1. The van der Waals surface area contributed by atoms with Crippen LogP contribution < -0.4 is 4.99 Å². The van der Waals surface area contributed by atoms with E-state index in [1.165, 1.54) is 0 Å². The van der Waals surface area contributed by atoms with Gasteiger partial charge >= 0.3 is 0 Å². The number of thioether (sulfide) groups is 2. The van der Waals surface area contributed by atoms with E-state index in [1.54, 1.807) is 23.5 Å². The molecule has 3 unspecified atom stereocenters. The maximum atomic E-state index is 11.8. The van der Waals surface area contributed by atoms with Crippen molar-refractivity contribution in [2.75, 3.05) is 5.75 Å². The predicted octanol–water partition coefficient (Wildman–Crippen LogP) is 0.588. The van der Waals surface area contributed by atoms with Crippen LogP contribution in [-0.4, -0.2) is 38.7 Å². The average molecular weight is 345 g/mol. The van der Waals surface area contributed by atoms with Crippen LogP contribution >= 0.6 is 39.5 Å². The highest BCUT2D eigenvalue weighted by molar-refractivity contribution is 9.11. The molecular weight excluding hydrogens is 330 g/mol. The number of hydrogen-bond donors (Lipinski definition) is 1. The van der Waals surface area contributed by atoms with Crippen molar-refractivity contribution < 1.29 is 13.4 Å². The van der Waals surface area contributed by atoms with Crippen LogP contribution in [0, 0.1) is 0 Å². The van der Waals surface area contributed by atoms with E-state index in [-0.39, 0.29) is 15.7 Å². The Morgan fingerprint density at radius 3 is 2.69 bits per heavy atom. The van der Waals surface area contributed by atoms with E-state index in [4.69, 9.17) is 0 Å².